The van der Waals surface area contributed by atoms with Gasteiger partial charge < -0.3 is 9.88 Å². The minimum atomic E-state index is 0.706. The number of aromatic nitrogens is 1. The molecule has 0 bridgehead atoms. The number of hydrogen-bond donors (Lipinski definition) is 1. The molecule has 0 fully saturated rings. The zero-order chi connectivity index (χ0) is 15.1. The van der Waals surface area contributed by atoms with Crippen LogP contribution in [0.4, 0.5) is 0 Å². The Kier molecular flexibility index (Phi) is 3.61. The molecule has 0 spiro atoms. The largest absolute Gasteiger partial charge is 0.343 e. The van der Waals surface area contributed by atoms with E-state index >= 15 is 0 Å². The quantitative estimate of drug-likeness (QED) is 0.680. The predicted octanol–water partition coefficient (Wildman–Crippen LogP) is 4.76. The summed E-state index contributed by atoms with van der Waals surface area (Å²) >= 11 is 12.5. The van der Waals surface area contributed by atoms with Gasteiger partial charge in [-0.05, 0) is 41.3 Å². The summed E-state index contributed by atoms with van der Waals surface area (Å²) in [7, 11) is 0. The Hall–Kier alpha value is -1.48. The van der Waals surface area contributed by atoms with E-state index in [9.17, 15) is 0 Å². The third-order valence-corrected chi connectivity index (χ3v) is 4.86. The monoisotopic (exact) mass is 330 g/mol. The van der Waals surface area contributed by atoms with Crippen molar-refractivity contribution in [1.29, 1.82) is 0 Å². The van der Waals surface area contributed by atoms with E-state index in [1.165, 1.54) is 16.6 Å². The van der Waals surface area contributed by atoms with Gasteiger partial charge in [-0.15, -0.1) is 0 Å². The maximum atomic E-state index is 6.35. The molecule has 4 heteroatoms. The second-order valence-electron chi connectivity index (χ2n) is 5.69. The van der Waals surface area contributed by atoms with E-state index in [2.05, 4.69) is 34.1 Å². The Morgan fingerprint density at radius 1 is 0.955 bits per heavy atom. The Bertz CT molecular complexity index is 852. The molecule has 3 aromatic rings. The lowest BCUT2D eigenvalue weighted by atomic mass is 10.0. The lowest BCUT2D eigenvalue weighted by Crippen LogP contribution is -2.17. The van der Waals surface area contributed by atoms with Crippen molar-refractivity contribution in [3.05, 3.63) is 58.2 Å². The molecule has 0 atom stereocenters. The van der Waals surface area contributed by atoms with Gasteiger partial charge in [0.25, 0.3) is 0 Å². The van der Waals surface area contributed by atoms with Gasteiger partial charge in [-0.3, -0.25) is 0 Å². The molecule has 0 aliphatic carbocycles. The molecule has 112 valence electrons. The Balaban J connectivity index is 1.90. The van der Waals surface area contributed by atoms with Crippen LogP contribution in [0.3, 0.4) is 0 Å². The fourth-order valence-corrected chi connectivity index (χ4v) is 3.60. The standard InChI is InChI=1S/C18H16Cl2N2/c19-14-3-4-17(20)16(11-14)12-1-2-13-9-15-5-6-21-7-8-22(15)18(13)10-12/h1-4,9-11,21H,5-8H2. The van der Waals surface area contributed by atoms with E-state index in [1.807, 2.05) is 18.2 Å². The summed E-state index contributed by atoms with van der Waals surface area (Å²) in [6, 6.07) is 14.4. The van der Waals surface area contributed by atoms with Crippen LogP contribution in [0.2, 0.25) is 10.0 Å². The van der Waals surface area contributed by atoms with Crippen molar-refractivity contribution in [2.24, 2.45) is 0 Å². The average Bonchev–Trinajstić information content (AvgIpc) is 2.70. The summed E-state index contributed by atoms with van der Waals surface area (Å²) in [6.45, 7) is 3.06. The molecule has 0 saturated carbocycles. The smallest absolute Gasteiger partial charge is 0.0489 e. The van der Waals surface area contributed by atoms with Crippen LogP contribution in [0.5, 0.6) is 0 Å². The van der Waals surface area contributed by atoms with Gasteiger partial charge in [0.1, 0.15) is 0 Å². The van der Waals surface area contributed by atoms with Gasteiger partial charge in [0.15, 0.2) is 0 Å². The highest BCUT2D eigenvalue weighted by Gasteiger charge is 2.13. The highest BCUT2D eigenvalue weighted by molar-refractivity contribution is 6.35. The van der Waals surface area contributed by atoms with Crippen LogP contribution in [0, 0.1) is 0 Å². The van der Waals surface area contributed by atoms with Crippen molar-refractivity contribution < 1.29 is 0 Å². The molecule has 2 aromatic carbocycles. The molecule has 4 rings (SSSR count). The molecule has 2 nitrogen and oxygen atoms in total. The SMILES string of the molecule is Clc1ccc(Cl)c(-c2ccc3cc4n(c3c2)CCNCC4)c1. The minimum absolute atomic E-state index is 0.706. The molecule has 22 heavy (non-hydrogen) atoms. The Morgan fingerprint density at radius 3 is 2.77 bits per heavy atom. The van der Waals surface area contributed by atoms with E-state index in [-0.39, 0.29) is 0 Å². The normalized spacial score (nSPS) is 14.8. The molecule has 0 amide bonds. The maximum Gasteiger partial charge on any atom is 0.0489 e. The highest BCUT2D eigenvalue weighted by atomic mass is 35.5. The van der Waals surface area contributed by atoms with Crippen molar-refractivity contribution in [2.45, 2.75) is 13.0 Å². The molecule has 0 radical (unpaired) electrons. The fraction of sp³-hybridized carbons (Fsp3) is 0.222. The number of nitrogens with zero attached hydrogens (tertiary/aromatic N) is 1. The van der Waals surface area contributed by atoms with Gasteiger partial charge in [0, 0.05) is 52.9 Å². The molecule has 1 N–H and O–H groups in total. The zero-order valence-corrected chi connectivity index (χ0v) is 13.6. The van der Waals surface area contributed by atoms with Crippen LogP contribution in [-0.4, -0.2) is 17.7 Å². The number of hydrogen-bond acceptors (Lipinski definition) is 1. The third-order valence-electron chi connectivity index (χ3n) is 4.30. The topological polar surface area (TPSA) is 17.0 Å². The van der Waals surface area contributed by atoms with E-state index in [4.69, 9.17) is 23.2 Å². The molecular formula is C18H16Cl2N2. The van der Waals surface area contributed by atoms with Crippen LogP contribution >= 0.6 is 23.2 Å². The van der Waals surface area contributed by atoms with Gasteiger partial charge in [-0.2, -0.15) is 0 Å². The lowest BCUT2D eigenvalue weighted by Gasteiger charge is -2.09. The summed E-state index contributed by atoms with van der Waals surface area (Å²) in [6.07, 6.45) is 1.07. The maximum absolute atomic E-state index is 6.35. The molecule has 1 aliphatic heterocycles. The number of benzene rings is 2. The zero-order valence-electron chi connectivity index (χ0n) is 12.1. The van der Waals surface area contributed by atoms with Crippen LogP contribution in [0.25, 0.3) is 22.0 Å². The van der Waals surface area contributed by atoms with Crippen LogP contribution in [-0.2, 0) is 13.0 Å². The van der Waals surface area contributed by atoms with E-state index < -0.39 is 0 Å². The first kappa shape index (κ1) is 14.1. The molecule has 0 saturated heterocycles. The first-order valence-corrected chi connectivity index (χ1v) is 8.26. The van der Waals surface area contributed by atoms with Crippen molar-refractivity contribution in [2.75, 3.05) is 13.1 Å². The molecule has 1 aromatic heterocycles. The van der Waals surface area contributed by atoms with Gasteiger partial charge in [-0.25, -0.2) is 0 Å². The fourth-order valence-electron chi connectivity index (χ4n) is 3.20. The number of fused-ring (bicyclic) bond motifs is 3. The molecule has 0 unspecified atom stereocenters. The van der Waals surface area contributed by atoms with Gasteiger partial charge >= 0.3 is 0 Å². The van der Waals surface area contributed by atoms with Crippen molar-refractivity contribution in [3.63, 3.8) is 0 Å². The van der Waals surface area contributed by atoms with Gasteiger partial charge in [-0.1, -0.05) is 35.3 Å². The van der Waals surface area contributed by atoms with Crippen molar-refractivity contribution in [3.8, 4) is 11.1 Å². The average molecular weight is 331 g/mol. The molecule has 2 heterocycles. The second kappa shape index (κ2) is 5.62. The van der Waals surface area contributed by atoms with E-state index in [1.54, 1.807) is 0 Å². The van der Waals surface area contributed by atoms with Gasteiger partial charge in [0.05, 0.1) is 0 Å². The number of nitrogens with one attached hydrogen (secondary N) is 1. The predicted molar refractivity (Wildman–Crippen MR) is 94.0 cm³/mol. The van der Waals surface area contributed by atoms with E-state index in [0.29, 0.717) is 5.02 Å². The first-order chi connectivity index (χ1) is 10.7. The second-order valence-corrected chi connectivity index (χ2v) is 6.53. The molecule has 1 aliphatic rings. The lowest BCUT2D eigenvalue weighted by molar-refractivity contribution is 0.658. The van der Waals surface area contributed by atoms with Crippen LogP contribution < -0.4 is 5.32 Å². The minimum Gasteiger partial charge on any atom is -0.343 e. The Morgan fingerprint density at radius 2 is 1.86 bits per heavy atom. The highest BCUT2D eigenvalue weighted by Crippen LogP contribution is 2.33. The number of rotatable bonds is 1. The number of halogens is 2. The van der Waals surface area contributed by atoms with Crippen LogP contribution in [0.1, 0.15) is 5.69 Å². The Labute approximate surface area is 139 Å². The summed E-state index contributed by atoms with van der Waals surface area (Å²) in [5.74, 6) is 0. The van der Waals surface area contributed by atoms with Crippen molar-refractivity contribution >= 4 is 34.1 Å². The van der Waals surface area contributed by atoms with Crippen LogP contribution in [0.15, 0.2) is 42.5 Å². The first-order valence-electron chi connectivity index (χ1n) is 7.51. The summed E-state index contributed by atoms with van der Waals surface area (Å²) in [4.78, 5) is 0. The summed E-state index contributed by atoms with van der Waals surface area (Å²) < 4.78 is 2.41. The molecular weight excluding hydrogens is 315 g/mol. The summed E-state index contributed by atoms with van der Waals surface area (Å²) in [5.41, 5.74) is 4.76. The third kappa shape index (κ3) is 2.41. The van der Waals surface area contributed by atoms with E-state index in [0.717, 1.165) is 42.2 Å². The van der Waals surface area contributed by atoms with Gasteiger partial charge in [0.2, 0.25) is 0 Å². The summed E-state index contributed by atoms with van der Waals surface area (Å²) in [5, 5.41) is 6.17. The van der Waals surface area contributed by atoms with Crippen molar-refractivity contribution in [1.82, 2.24) is 9.88 Å².